The summed E-state index contributed by atoms with van der Waals surface area (Å²) in [7, 11) is 0. The van der Waals surface area contributed by atoms with Gasteiger partial charge in [-0.2, -0.15) is 0 Å². The Bertz CT molecular complexity index is 947. The van der Waals surface area contributed by atoms with Crippen LogP contribution in [0.5, 0.6) is 0 Å². The summed E-state index contributed by atoms with van der Waals surface area (Å²) in [6, 6.07) is 0. The molecule has 6 heteroatoms. The van der Waals surface area contributed by atoms with Gasteiger partial charge in [-0.1, -0.05) is 32.4 Å². The minimum Gasteiger partial charge on any atom is -0.478 e. The van der Waals surface area contributed by atoms with Crippen LogP contribution in [0.4, 0.5) is 0 Å². The number of rotatable bonds is 5. The molecule has 0 aromatic rings. The third kappa shape index (κ3) is 4.47. The van der Waals surface area contributed by atoms with Crippen molar-refractivity contribution in [1.82, 2.24) is 0 Å². The number of hydrogen-bond acceptors (Lipinski definition) is 5. The number of aliphatic carboxylic acids is 1. The lowest BCUT2D eigenvalue weighted by Crippen LogP contribution is -2.61. The van der Waals surface area contributed by atoms with Gasteiger partial charge in [-0.25, -0.2) is 4.79 Å². The molecule has 0 amide bonds. The molecule has 0 spiro atoms. The number of ether oxygens (including phenoxy) is 1. The van der Waals surface area contributed by atoms with Gasteiger partial charge in [-0.05, 0) is 111 Å². The molecular formula is C30H46O6. The van der Waals surface area contributed by atoms with Crippen LogP contribution in [0.15, 0.2) is 22.8 Å². The van der Waals surface area contributed by atoms with E-state index in [1.165, 1.54) is 6.92 Å². The van der Waals surface area contributed by atoms with Crippen LogP contribution in [-0.2, 0) is 14.3 Å². The first kappa shape index (κ1) is 27.4. The standard InChI is InChI=1S/C30H46O6/c1-16(2)8-7-9-19(28(34)35)26-22-14-24(33)27-21(30(22,6)15-25(26)36-18(4)31)11-10-20-17(3)23(32)12-13-29(20,27)5/h8,17,20-25,27,32-33H,7,9-15H2,1-6H3,(H,34,35)/b26-19+/t17-,20-,21?,22-,23+,24+,25?,27?,29-,30+/m0/s1. The quantitative estimate of drug-likeness (QED) is 0.269. The second-order valence-electron chi connectivity index (χ2n) is 13.0. The molecule has 0 saturated heterocycles. The second-order valence-corrected chi connectivity index (χ2v) is 13.0. The van der Waals surface area contributed by atoms with Gasteiger partial charge < -0.3 is 20.1 Å². The van der Waals surface area contributed by atoms with E-state index in [9.17, 15) is 24.9 Å². The predicted molar refractivity (Wildman–Crippen MR) is 138 cm³/mol. The van der Waals surface area contributed by atoms with Crippen molar-refractivity contribution in [3.8, 4) is 0 Å². The topological polar surface area (TPSA) is 104 Å². The molecule has 3 unspecified atom stereocenters. The van der Waals surface area contributed by atoms with E-state index in [0.717, 1.165) is 36.8 Å². The summed E-state index contributed by atoms with van der Waals surface area (Å²) >= 11 is 0. The molecule has 0 bridgehead atoms. The van der Waals surface area contributed by atoms with Crippen molar-refractivity contribution in [3.05, 3.63) is 22.8 Å². The number of aliphatic hydroxyl groups excluding tert-OH is 2. The first-order chi connectivity index (χ1) is 16.8. The van der Waals surface area contributed by atoms with Crippen LogP contribution >= 0.6 is 0 Å². The number of carbonyl (C=O) groups excluding carboxylic acids is 1. The Morgan fingerprint density at radius 2 is 1.69 bits per heavy atom. The van der Waals surface area contributed by atoms with Crippen molar-refractivity contribution in [2.24, 2.45) is 40.4 Å². The highest BCUT2D eigenvalue weighted by Crippen LogP contribution is 2.69. The van der Waals surface area contributed by atoms with Gasteiger partial charge in [-0.3, -0.25) is 4.79 Å². The first-order valence-electron chi connectivity index (χ1n) is 13.9. The molecule has 4 aliphatic carbocycles. The SMILES string of the molecule is CC(=O)OC1C[C@]2(C)C3CC[C@H]4[C@H](C)[C@H](O)CC[C@]4(C)C3[C@H](O)C[C@H]2/C1=C(/CCC=C(C)C)C(=O)O. The van der Waals surface area contributed by atoms with Crippen LogP contribution in [0.3, 0.4) is 0 Å². The van der Waals surface area contributed by atoms with Gasteiger partial charge in [0, 0.05) is 12.5 Å². The molecule has 36 heavy (non-hydrogen) atoms. The summed E-state index contributed by atoms with van der Waals surface area (Å²) in [5, 5.41) is 32.6. The third-order valence-electron chi connectivity index (χ3n) is 10.8. The normalized spacial score (nSPS) is 45.1. The highest BCUT2D eigenvalue weighted by atomic mass is 16.5. The summed E-state index contributed by atoms with van der Waals surface area (Å²) in [4.78, 5) is 24.7. The Morgan fingerprint density at radius 3 is 2.31 bits per heavy atom. The van der Waals surface area contributed by atoms with Crippen LogP contribution in [0, 0.1) is 40.4 Å². The van der Waals surface area contributed by atoms with Crippen LogP contribution < -0.4 is 0 Å². The fourth-order valence-corrected chi connectivity index (χ4v) is 9.24. The number of aliphatic hydroxyl groups is 2. The maximum Gasteiger partial charge on any atom is 0.331 e. The Labute approximate surface area is 216 Å². The molecule has 0 aromatic carbocycles. The Kier molecular flexibility index (Phi) is 7.53. The van der Waals surface area contributed by atoms with Gasteiger partial charge in [-0.15, -0.1) is 0 Å². The number of carboxylic acid groups (broad SMARTS) is 1. The molecule has 10 atom stereocenters. The molecule has 4 fully saturated rings. The van der Waals surface area contributed by atoms with Crippen molar-refractivity contribution >= 4 is 11.9 Å². The van der Waals surface area contributed by atoms with Crippen molar-refractivity contribution in [1.29, 1.82) is 0 Å². The number of carboxylic acids is 1. The summed E-state index contributed by atoms with van der Waals surface area (Å²) in [6.07, 6.45) is 6.42. The number of carbonyl (C=O) groups is 2. The second kappa shape index (κ2) is 9.90. The Morgan fingerprint density at radius 1 is 1.03 bits per heavy atom. The fraction of sp³-hybridized carbons (Fsp3) is 0.800. The number of hydrogen-bond donors (Lipinski definition) is 3. The van der Waals surface area contributed by atoms with Crippen molar-refractivity contribution in [2.75, 3.05) is 0 Å². The van der Waals surface area contributed by atoms with Gasteiger partial charge in [0.1, 0.15) is 6.10 Å². The first-order valence-corrected chi connectivity index (χ1v) is 13.9. The van der Waals surface area contributed by atoms with E-state index in [0.29, 0.717) is 37.2 Å². The molecule has 0 heterocycles. The zero-order valence-electron chi connectivity index (χ0n) is 22.9. The Balaban J connectivity index is 1.77. The number of esters is 1. The summed E-state index contributed by atoms with van der Waals surface area (Å²) < 4.78 is 5.83. The van der Waals surface area contributed by atoms with Crippen LogP contribution in [0.1, 0.15) is 92.9 Å². The molecule has 202 valence electrons. The summed E-state index contributed by atoms with van der Waals surface area (Å²) in [5.41, 5.74) is 1.93. The average molecular weight is 503 g/mol. The van der Waals surface area contributed by atoms with E-state index in [2.05, 4.69) is 20.8 Å². The fourth-order valence-electron chi connectivity index (χ4n) is 9.24. The molecule has 4 rings (SSSR count). The minimum atomic E-state index is -0.948. The zero-order chi connectivity index (χ0) is 26.6. The van der Waals surface area contributed by atoms with Gasteiger partial charge in [0.15, 0.2) is 0 Å². The van der Waals surface area contributed by atoms with Crippen molar-refractivity contribution < 1.29 is 29.6 Å². The largest absolute Gasteiger partial charge is 0.478 e. The van der Waals surface area contributed by atoms with Crippen LogP contribution in [0.2, 0.25) is 0 Å². The lowest BCUT2D eigenvalue weighted by Gasteiger charge is -2.64. The van der Waals surface area contributed by atoms with Crippen molar-refractivity contribution in [2.45, 2.75) is 111 Å². The molecule has 0 aromatic heterocycles. The molecule has 0 aliphatic heterocycles. The smallest absolute Gasteiger partial charge is 0.331 e. The minimum absolute atomic E-state index is 0.0581. The van der Waals surface area contributed by atoms with E-state index in [1.807, 2.05) is 19.9 Å². The molecule has 3 N–H and O–H groups in total. The average Bonchev–Trinajstić information content (AvgIpc) is 3.04. The molecular weight excluding hydrogens is 456 g/mol. The lowest BCUT2D eigenvalue weighted by molar-refractivity contribution is -0.191. The van der Waals surface area contributed by atoms with Crippen LogP contribution in [0.25, 0.3) is 0 Å². The van der Waals surface area contributed by atoms with E-state index in [1.54, 1.807) is 0 Å². The van der Waals surface area contributed by atoms with E-state index >= 15 is 0 Å². The summed E-state index contributed by atoms with van der Waals surface area (Å²) in [5.74, 6) is -0.558. The van der Waals surface area contributed by atoms with Gasteiger partial charge >= 0.3 is 11.9 Å². The zero-order valence-corrected chi connectivity index (χ0v) is 22.9. The monoisotopic (exact) mass is 502 g/mol. The van der Waals surface area contributed by atoms with E-state index in [-0.39, 0.29) is 40.6 Å². The third-order valence-corrected chi connectivity index (χ3v) is 10.8. The van der Waals surface area contributed by atoms with Crippen molar-refractivity contribution in [3.63, 3.8) is 0 Å². The number of allylic oxidation sites excluding steroid dienone is 2. The maximum absolute atomic E-state index is 12.5. The molecule has 4 saturated carbocycles. The van der Waals surface area contributed by atoms with E-state index < -0.39 is 24.1 Å². The summed E-state index contributed by atoms with van der Waals surface area (Å²) in [6.45, 7) is 12.1. The van der Waals surface area contributed by atoms with Gasteiger partial charge in [0.2, 0.25) is 0 Å². The van der Waals surface area contributed by atoms with Crippen LogP contribution in [-0.4, -0.2) is 45.6 Å². The maximum atomic E-state index is 12.5. The van der Waals surface area contributed by atoms with Gasteiger partial charge in [0.25, 0.3) is 0 Å². The highest BCUT2D eigenvalue weighted by Gasteiger charge is 2.66. The number of fused-ring (bicyclic) bond motifs is 5. The highest BCUT2D eigenvalue weighted by molar-refractivity contribution is 5.88. The molecule has 0 radical (unpaired) electrons. The Hall–Kier alpha value is -1.66. The van der Waals surface area contributed by atoms with E-state index in [4.69, 9.17) is 4.74 Å². The molecule has 4 aliphatic rings. The predicted octanol–water partition coefficient (Wildman–Crippen LogP) is 5.28. The molecule has 6 nitrogen and oxygen atoms in total. The van der Waals surface area contributed by atoms with Gasteiger partial charge in [0.05, 0.1) is 12.2 Å². The lowest BCUT2D eigenvalue weighted by atomic mass is 9.42.